The number of hydrogen-bond donors (Lipinski definition) is 2. The molecule has 0 aliphatic carbocycles. The molecule has 0 saturated carbocycles. The summed E-state index contributed by atoms with van der Waals surface area (Å²) in [5, 5.41) is 0. The van der Waals surface area contributed by atoms with Gasteiger partial charge in [-0.15, -0.1) is 0 Å². The number of carbonyl (C=O) groups excluding carboxylic acids is 2. The number of rotatable bonds is 83. The third-order valence-corrected chi connectivity index (χ3v) is 20.4. The van der Waals surface area contributed by atoms with Crippen LogP contribution in [0.25, 0.3) is 0 Å². The molecule has 0 bridgehead atoms. The Labute approximate surface area is 627 Å². The summed E-state index contributed by atoms with van der Waals surface area (Å²) in [6.07, 6.45) is 119. The lowest BCUT2D eigenvalue weighted by Crippen LogP contribution is -2.29. The van der Waals surface area contributed by atoms with Crippen LogP contribution in [-0.2, 0) is 32.7 Å². The van der Waals surface area contributed by atoms with Crippen LogP contribution in [0, 0.1) is 0 Å². The normalized spacial score (nSPS) is 13.3. The minimum Gasteiger partial charge on any atom is -0.462 e. The number of hydrogen-bond acceptors (Lipinski definition) is 8. The zero-order valence-electron chi connectivity index (χ0n) is 66.6. The molecule has 0 aliphatic heterocycles. The molecule has 0 aromatic carbocycles. The van der Waals surface area contributed by atoms with Crippen molar-refractivity contribution in [1.82, 2.24) is 0 Å². The van der Waals surface area contributed by atoms with E-state index in [0.717, 1.165) is 77.0 Å². The number of ether oxygens (including phenoxy) is 2. The van der Waals surface area contributed by atoms with Gasteiger partial charge in [0.1, 0.15) is 6.61 Å². The fourth-order valence-electron chi connectivity index (χ4n) is 13.0. The molecule has 2 unspecified atom stereocenters. The zero-order chi connectivity index (χ0) is 72.9. The van der Waals surface area contributed by atoms with Crippen molar-refractivity contribution < 1.29 is 37.6 Å². The predicted octanol–water partition coefficient (Wildman–Crippen LogP) is 29.8. The Hall–Kier alpha value is -3.07. The van der Waals surface area contributed by atoms with Gasteiger partial charge in [0.2, 0.25) is 0 Å². The lowest BCUT2D eigenvalue weighted by molar-refractivity contribution is -0.161. The topological polar surface area (TPSA) is 134 Å². The summed E-state index contributed by atoms with van der Waals surface area (Å²) in [5.74, 6) is -0.804. The highest BCUT2D eigenvalue weighted by molar-refractivity contribution is 7.47. The second kappa shape index (κ2) is 85.9. The number of esters is 2. The van der Waals surface area contributed by atoms with Gasteiger partial charge in [-0.3, -0.25) is 18.6 Å². The van der Waals surface area contributed by atoms with Gasteiger partial charge >= 0.3 is 19.8 Å². The van der Waals surface area contributed by atoms with Crippen molar-refractivity contribution in [1.29, 1.82) is 0 Å². The Morgan fingerprint density at radius 1 is 0.307 bits per heavy atom. The van der Waals surface area contributed by atoms with Crippen molar-refractivity contribution in [3.05, 3.63) is 97.2 Å². The molecule has 10 heteroatoms. The molecule has 0 heterocycles. The fourth-order valence-corrected chi connectivity index (χ4v) is 13.8. The van der Waals surface area contributed by atoms with Crippen LogP contribution >= 0.6 is 7.82 Å². The van der Waals surface area contributed by atoms with E-state index in [1.165, 1.54) is 327 Å². The molecule has 588 valence electrons. The Balaban J connectivity index is 3.73. The van der Waals surface area contributed by atoms with Gasteiger partial charge in [0.15, 0.2) is 6.10 Å². The van der Waals surface area contributed by atoms with Gasteiger partial charge in [-0.2, -0.15) is 0 Å². The van der Waals surface area contributed by atoms with E-state index in [2.05, 4.69) is 111 Å². The Kier molecular flexibility index (Phi) is 83.2. The average molecular weight is 1430 g/mol. The second-order valence-corrected chi connectivity index (χ2v) is 30.8. The first-order chi connectivity index (χ1) is 49.8. The zero-order valence-corrected chi connectivity index (χ0v) is 67.5. The van der Waals surface area contributed by atoms with E-state index in [9.17, 15) is 19.0 Å². The molecule has 0 spiro atoms. The third kappa shape index (κ3) is 85.7. The molecular formula is C91H166NO8P. The Morgan fingerprint density at radius 3 is 0.812 bits per heavy atom. The van der Waals surface area contributed by atoms with Gasteiger partial charge in [-0.05, 0) is 96.3 Å². The smallest absolute Gasteiger partial charge is 0.462 e. The molecule has 101 heavy (non-hydrogen) atoms. The highest BCUT2D eigenvalue weighted by Gasteiger charge is 2.26. The van der Waals surface area contributed by atoms with Crippen LogP contribution < -0.4 is 5.73 Å². The highest BCUT2D eigenvalue weighted by atomic mass is 31.2. The maximum absolute atomic E-state index is 12.8. The lowest BCUT2D eigenvalue weighted by Gasteiger charge is -2.19. The summed E-state index contributed by atoms with van der Waals surface area (Å²) in [6, 6.07) is 0. The van der Waals surface area contributed by atoms with Crippen molar-refractivity contribution in [3.63, 3.8) is 0 Å². The van der Waals surface area contributed by atoms with Crippen LogP contribution in [0.2, 0.25) is 0 Å². The molecule has 0 fully saturated rings. The number of phosphoric acid groups is 1. The minimum atomic E-state index is -4.40. The molecule has 3 N–H and O–H groups in total. The van der Waals surface area contributed by atoms with E-state index in [-0.39, 0.29) is 38.6 Å². The van der Waals surface area contributed by atoms with Crippen LogP contribution in [0.15, 0.2) is 97.2 Å². The second-order valence-electron chi connectivity index (χ2n) is 29.4. The number of phosphoric ester groups is 1. The standard InChI is InChI=1S/C91H166NO8P/c1-3-5-7-9-11-13-15-17-19-21-23-25-27-29-31-33-35-37-39-41-43-44-46-47-49-51-53-55-57-59-61-63-65-67-69-71-73-75-77-79-81-83-90(93)97-87-89(88-99-101(95,96)98-86-85-92)100-91(94)84-82-80-78-76-74-72-70-68-66-64-62-60-58-56-54-52-50-48-45-42-40-38-36-34-32-30-28-26-24-22-20-18-16-14-12-10-8-6-4-2/h6,8,12,14-15,17-18,20-21,23-24,26-27,29-30,32,89H,3-5,7,9-11,13,16,19,22,25,28,31,33-88,92H2,1-2H3,(H,95,96)/b8-6-,14-12-,17-15-,20-18-,23-21-,26-24-,29-27-,32-30-. The minimum absolute atomic E-state index is 0.0544. The molecule has 0 saturated heterocycles. The van der Waals surface area contributed by atoms with E-state index < -0.39 is 26.5 Å². The molecule has 9 nitrogen and oxygen atoms in total. The maximum Gasteiger partial charge on any atom is 0.472 e. The number of unbranched alkanes of at least 4 members (excludes halogenated alkanes) is 54. The van der Waals surface area contributed by atoms with Crippen molar-refractivity contribution in [2.45, 2.75) is 444 Å². The van der Waals surface area contributed by atoms with Crippen molar-refractivity contribution in [3.8, 4) is 0 Å². The summed E-state index contributed by atoms with van der Waals surface area (Å²) in [7, 11) is -4.40. The SMILES string of the molecule is CC/C=C\C/C=C\C/C=C\C/C=C\C/C=C\CCCCCCCCCCCCCCCCCCCCCCCCCC(=O)OC(COC(=O)CCCCCCCCCCCCCCCCCCCCCCCCCCCC/C=C\C/C=C\C/C=C\CCCCCCC)COP(=O)(O)OCCN. The predicted molar refractivity (Wildman–Crippen MR) is 441 cm³/mol. The molecule has 2 atom stereocenters. The van der Waals surface area contributed by atoms with Gasteiger partial charge in [-0.1, -0.05) is 426 Å². The number of carbonyl (C=O) groups is 2. The highest BCUT2D eigenvalue weighted by Crippen LogP contribution is 2.43. The van der Waals surface area contributed by atoms with Crippen molar-refractivity contribution in [2.24, 2.45) is 5.73 Å². The molecule has 0 aromatic rings. The summed E-state index contributed by atoms with van der Waals surface area (Å²) >= 11 is 0. The van der Waals surface area contributed by atoms with Gasteiger partial charge in [-0.25, -0.2) is 4.57 Å². The molecule has 0 aliphatic rings. The van der Waals surface area contributed by atoms with E-state index in [1.807, 2.05) is 0 Å². The summed E-state index contributed by atoms with van der Waals surface area (Å²) in [5.41, 5.74) is 5.42. The van der Waals surface area contributed by atoms with E-state index in [1.54, 1.807) is 0 Å². The molecule has 0 aromatic heterocycles. The van der Waals surface area contributed by atoms with Crippen molar-refractivity contribution >= 4 is 19.8 Å². The van der Waals surface area contributed by atoms with Crippen LogP contribution in [0.1, 0.15) is 438 Å². The lowest BCUT2D eigenvalue weighted by atomic mass is 10.0. The van der Waals surface area contributed by atoms with Crippen molar-refractivity contribution in [2.75, 3.05) is 26.4 Å². The summed E-state index contributed by atoms with van der Waals surface area (Å²) in [6.45, 7) is 3.69. The number of allylic oxidation sites excluding steroid dienone is 16. The quantitative estimate of drug-likeness (QED) is 0.0264. The Morgan fingerprint density at radius 2 is 0.545 bits per heavy atom. The van der Waals surface area contributed by atoms with Gasteiger partial charge < -0.3 is 20.1 Å². The first-order valence-corrected chi connectivity index (χ1v) is 45.2. The third-order valence-electron chi connectivity index (χ3n) is 19.5. The van der Waals surface area contributed by atoms with Gasteiger partial charge in [0.05, 0.1) is 13.2 Å². The van der Waals surface area contributed by atoms with Crippen LogP contribution in [0.5, 0.6) is 0 Å². The van der Waals surface area contributed by atoms with Gasteiger partial charge in [0, 0.05) is 19.4 Å². The molecule has 0 radical (unpaired) electrons. The van der Waals surface area contributed by atoms with E-state index >= 15 is 0 Å². The monoisotopic (exact) mass is 1430 g/mol. The summed E-state index contributed by atoms with van der Waals surface area (Å²) < 4.78 is 33.3. The first kappa shape index (κ1) is 97.9. The average Bonchev–Trinajstić information content (AvgIpc) is 1.01. The molecular weight excluding hydrogens is 1270 g/mol. The summed E-state index contributed by atoms with van der Waals surface area (Å²) in [4.78, 5) is 35.5. The maximum atomic E-state index is 12.8. The number of nitrogens with two attached hydrogens (primary N) is 1. The fraction of sp³-hybridized carbons (Fsp3) is 0.802. The van der Waals surface area contributed by atoms with E-state index in [0.29, 0.717) is 6.42 Å². The largest absolute Gasteiger partial charge is 0.472 e. The van der Waals surface area contributed by atoms with Crippen LogP contribution in [-0.4, -0.2) is 49.3 Å². The molecule has 0 amide bonds. The van der Waals surface area contributed by atoms with Gasteiger partial charge in [0.25, 0.3) is 0 Å². The molecule has 0 rings (SSSR count). The van der Waals surface area contributed by atoms with Crippen LogP contribution in [0.4, 0.5) is 0 Å². The first-order valence-electron chi connectivity index (χ1n) is 43.7. The Bertz CT molecular complexity index is 1990. The van der Waals surface area contributed by atoms with E-state index in [4.69, 9.17) is 24.3 Å². The van der Waals surface area contributed by atoms with Crippen LogP contribution in [0.3, 0.4) is 0 Å².